The Morgan fingerprint density at radius 2 is 1.81 bits per heavy atom. The van der Waals surface area contributed by atoms with E-state index in [0.717, 1.165) is 11.1 Å². The van der Waals surface area contributed by atoms with E-state index in [2.05, 4.69) is 0 Å². The number of carbonyl (C=O) groups is 1. The van der Waals surface area contributed by atoms with E-state index in [1.807, 2.05) is 12.1 Å². The summed E-state index contributed by atoms with van der Waals surface area (Å²) in [5.41, 5.74) is 7.94. The molecule has 0 unspecified atom stereocenters. The van der Waals surface area contributed by atoms with E-state index in [4.69, 9.17) is 17.3 Å². The molecule has 1 saturated heterocycles. The number of aliphatic hydroxyl groups excluding tert-OH is 1. The Morgan fingerprint density at radius 1 is 1.19 bits per heavy atom. The predicted octanol–water partition coefficient (Wildman–Crippen LogP) is 2.55. The van der Waals surface area contributed by atoms with E-state index in [0.29, 0.717) is 30.8 Å². The molecule has 0 spiro atoms. The lowest BCUT2D eigenvalue weighted by atomic mass is 10.0. The molecule has 3 atom stereocenters. The van der Waals surface area contributed by atoms with Gasteiger partial charge in [0.15, 0.2) is 0 Å². The van der Waals surface area contributed by atoms with Crippen LogP contribution >= 0.6 is 11.6 Å². The van der Waals surface area contributed by atoms with Gasteiger partial charge in [-0.15, -0.1) is 0 Å². The molecule has 1 aliphatic rings. The number of amides is 1. The van der Waals surface area contributed by atoms with Gasteiger partial charge in [-0.1, -0.05) is 35.9 Å². The Balaban J connectivity index is 1.68. The summed E-state index contributed by atoms with van der Waals surface area (Å²) in [7, 11) is 0. The first-order valence-electron chi connectivity index (χ1n) is 8.67. The Hall–Kier alpha value is -1.95. The fourth-order valence-electron chi connectivity index (χ4n) is 3.39. The van der Waals surface area contributed by atoms with Crippen LogP contribution in [0.25, 0.3) is 0 Å². The zero-order valence-electron chi connectivity index (χ0n) is 14.3. The monoisotopic (exact) mass is 376 g/mol. The molecule has 3 rings (SSSR count). The fraction of sp³-hybridized carbons (Fsp3) is 0.350. The minimum Gasteiger partial charge on any atom is -0.391 e. The van der Waals surface area contributed by atoms with Gasteiger partial charge in [-0.2, -0.15) is 0 Å². The molecule has 1 aliphatic heterocycles. The van der Waals surface area contributed by atoms with Crippen molar-refractivity contribution in [3.05, 3.63) is 70.5 Å². The first-order chi connectivity index (χ1) is 12.4. The second kappa shape index (κ2) is 8.16. The molecule has 26 heavy (non-hydrogen) atoms. The van der Waals surface area contributed by atoms with E-state index in [-0.39, 0.29) is 17.8 Å². The van der Waals surface area contributed by atoms with Gasteiger partial charge in [-0.05, 0) is 54.7 Å². The minimum absolute atomic E-state index is 0.177. The maximum absolute atomic E-state index is 13.1. The predicted molar refractivity (Wildman–Crippen MR) is 99.4 cm³/mol. The Labute approximate surface area is 157 Å². The first-order valence-corrected chi connectivity index (χ1v) is 9.05. The molecule has 0 aliphatic carbocycles. The molecule has 0 radical (unpaired) electrons. The van der Waals surface area contributed by atoms with Gasteiger partial charge in [0.05, 0.1) is 18.2 Å². The second-order valence-electron chi connectivity index (χ2n) is 6.72. The van der Waals surface area contributed by atoms with Gasteiger partial charge in [0, 0.05) is 11.6 Å². The van der Waals surface area contributed by atoms with E-state index in [1.165, 1.54) is 12.1 Å². The highest BCUT2D eigenvalue weighted by atomic mass is 35.5. The van der Waals surface area contributed by atoms with Crippen molar-refractivity contribution in [2.75, 3.05) is 6.54 Å². The third-order valence-corrected chi connectivity index (χ3v) is 5.09. The third-order valence-electron chi connectivity index (χ3n) is 4.84. The molecule has 0 aromatic heterocycles. The van der Waals surface area contributed by atoms with Crippen LogP contribution in [0.5, 0.6) is 0 Å². The summed E-state index contributed by atoms with van der Waals surface area (Å²) in [6.45, 7) is 0.472. The average molecular weight is 377 g/mol. The second-order valence-corrected chi connectivity index (χ2v) is 7.16. The quantitative estimate of drug-likeness (QED) is 0.842. The lowest BCUT2D eigenvalue weighted by Gasteiger charge is -2.29. The number of likely N-dealkylation sites (tertiary alicyclic amines) is 1. The molecule has 0 saturated carbocycles. The van der Waals surface area contributed by atoms with Crippen LogP contribution in [0.1, 0.15) is 17.5 Å². The van der Waals surface area contributed by atoms with Crippen LogP contribution < -0.4 is 5.73 Å². The van der Waals surface area contributed by atoms with E-state index in [9.17, 15) is 14.3 Å². The van der Waals surface area contributed by atoms with Crippen molar-refractivity contribution < 1.29 is 14.3 Å². The summed E-state index contributed by atoms with van der Waals surface area (Å²) in [5.74, 6) is -0.484. The maximum Gasteiger partial charge on any atom is 0.240 e. The normalized spacial score (nSPS) is 21.0. The molecule has 6 heteroatoms. The first kappa shape index (κ1) is 18.8. The Kier molecular flexibility index (Phi) is 5.91. The van der Waals surface area contributed by atoms with Gasteiger partial charge in [-0.25, -0.2) is 4.39 Å². The number of carbonyl (C=O) groups excluding carboxylic acids is 1. The Morgan fingerprint density at radius 3 is 2.46 bits per heavy atom. The van der Waals surface area contributed by atoms with Crippen LogP contribution in [0.2, 0.25) is 5.02 Å². The van der Waals surface area contributed by atoms with Crippen molar-refractivity contribution in [1.29, 1.82) is 0 Å². The average Bonchev–Trinajstić information content (AvgIpc) is 2.99. The fourth-order valence-corrected chi connectivity index (χ4v) is 3.52. The van der Waals surface area contributed by atoms with Gasteiger partial charge in [0.25, 0.3) is 0 Å². The molecule has 1 heterocycles. The van der Waals surface area contributed by atoms with Crippen molar-refractivity contribution in [1.82, 2.24) is 4.90 Å². The van der Waals surface area contributed by atoms with Crippen LogP contribution in [-0.2, 0) is 17.6 Å². The van der Waals surface area contributed by atoms with Gasteiger partial charge in [0.2, 0.25) is 5.91 Å². The van der Waals surface area contributed by atoms with Crippen molar-refractivity contribution >= 4 is 17.5 Å². The molecule has 4 nitrogen and oxygen atoms in total. The van der Waals surface area contributed by atoms with Crippen LogP contribution in [0, 0.1) is 5.82 Å². The number of aliphatic hydroxyl groups is 1. The molecule has 2 aromatic rings. The number of nitrogens with two attached hydrogens (primary N) is 1. The highest BCUT2D eigenvalue weighted by Gasteiger charge is 2.37. The van der Waals surface area contributed by atoms with Crippen LogP contribution in [0.4, 0.5) is 4.39 Å². The van der Waals surface area contributed by atoms with Crippen molar-refractivity contribution in [3.8, 4) is 0 Å². The molecule has 1 fully saturated rings. The summed E-state index contributed by atoms with van der Waals surface area (Å²) in [4.78, 5) is 14.5. The van der Waals surface area contributed by atoms with Crippen molar-refractivity contribution in [2.45, 2.75) is 37.5 Å². The van der Waals surface area contributed by atoms with E-state index in [1.54, 1.807) is 29.2 Å². The highest BCUT2D eigenvalue weighted by molar-refractivity contribution is 6.30. The molecule has 3 N–H and O–H groups in total. The number of rotatable bonds is 5. The van der Waals surface area contributed by atoms with Crippen LogP contribution in [0.15, 0.2) is 48.5 Å². The lowest BCUT2D eigenvalue weighted by Crippen LogP contribution is -2.49. The van der Waals surface area contributed by atoms with Crippen molar-refractivity contribution in [2.24, 2.45) is 5.73 Å². The third kappa shape index (κ3) is 4.41. The number of nitrogens with zero attached hydrogens (tertiary/aromatic N) is 1. The SMILES string of the molecule is N[C@@H](Cc1ccc(Cl)cc1)C(=O)N1CC[C@H](O)[C@@H]1Cc1ccc(F)cc1. The van der Waals surface area contributed by atoms with E-state index < -0.39 is 12.1 Å². The highest BCUT2D eigenvalue weighted by Crippen LogP contribution is 2.23. The molecule has 0 bridgehead atoms. The van der Waals surface area contributed by atoms with Gasteiger partial charge in [-0.3, -0.25) is 4.79 Å². The zero-order chi connectivity index (χ0) is 18.7. The molecule has 138 valence electrons. The summed E-state index contributed by atoms with van der Waals surface area (Å²) < 4.78 is 13.1. The van der Waals surface area contributed by atoms with Crippen LogP contribution in [-0.4, -0.2) is 40.6 Å². The number of hydrogen-bond acceptors (Lipinski definition) is 3. The summed E-state index contributed by atoms with van der Waals surface area (Å²) in [5, 5.41) is 10.9. The molecular formula is C20H22ClFN2O2. The van der Waals surface area contributed by atoms with Crippen molar-refractivity contribution in [3.63, 3.8) is 0 Å². The molecular weight excluding hydrogens is 355 g/mol. The van der Waals surface area contributed by atoms with Gasteiger partial charge < -0.3 is 15.7 Å². The molecule has 2 aromatic carbocycles. The summed E-state index contributed by atoms with van der Waals surface area (Å²) in [6.07, 6.45) is 0.796. The largest absolute Gasteiger partial charge is 0.391 e. The van der Waals surface area contributed by atoms with E-state index >= 15 is 0 Å². The summed E-state index contributed by atoms with van der Waals surface area (Å²) >= 11 is 5.88. The Bertz CT molecular complexity index is 751. The van der Waals surface area contributed by atoms with Crippen LogP contribution in [0.3, 0.4) is 0 Å². The standard InChI is InChI=1S/C20H22ClFN2O2/c21-15-5-1-13(2-6-15)11-17(23)20(26)24-10-9-19(25)18(24)12-14-3-7-16(22)8-4-14/h1-8,17-19,25H,9-12,23H2/t17-,18-,19-/m0/s1. The van der Waals surface area contributed by atoms with Gasteiger partial charge >= 0.3 is 0 Å². The number of hydrogen-bond donors (Lipinski definition) is 2. The topological polar surface area (TPSA) is 66.6 Å². The zero-order valence-corrected chi connectivity index (χ0v) is 15.1. The smallest absolute Gasteiger partial charge is 0.240 e. The summed E-state index contributed by atoms with van der Waals surface area (Å²) in [6, 6.07) is 12.3. The molecule has 1 amide bonds. The van der Waals surface area contributed by atoms with Gasteiger partial charge in [0.1, 0.15) is 5.82 Å². The number of halogens is 2. The number of benzene rings is 2. The lowest BCUT2D eigenvalue weighted by molar-refractivity contribution is -0.134. The minimum atomic E-state index is -0.683. The maximum atomic E-state index is 13.1.